The molecular formula is C18H30N2O2. The zero-order valence-electron chi connectivity index (χ0n) is 15.2. The van der Waals surface area contributed by atoms with Gasteiger partial charge < -0.3 is 9.80 Å². The summed E-state index contributed by atoms with van der Waals surface area (Å²) in [5.74, 6) is -0.147. The van der Waals surface area contributed by atoms with Crippen molar-refractivity contribution in [3.8, 4) is 0 Å². The molecule has 0 atom stereocenters. The molecule has 1 aromatic rings. The zero-order valence-corrected chi connectivity index (χ0v) is 15.2. The first-order chi connectivity index (χ1) is 10.4. The van der Waals surface area contributed by atoms with Crippen LogP contribution in [0.25, 0.3) is 0 Å². The van der Waals surface area contributed by atoms with Crippen molar-refractivity contribution in [2.24, 2.45) is 0 Å². The number of hydrogen-bond acceptors (Lipinski definition) is 3. The van der Waals surface area contributed by atoms with Gasteiger partial charge in [0.2, 0.25) is 5.91 Å². The van der Waals surface area contributed by atoms with E-state index in [1.807, 2.05) is 41.8 Å². The minimum atomic E-state index is -0.0810. The summed E-state index contributed by atoms with van der Waals surface area (Å²) in [6, 6.07) is 7.02. The van der Waals surface area contributed by atoms with E-state index in [9.17, 15) is 9.59 Å². The summed E-state index contributed by atoms with van der Waals surface area (Å²) in [6.07, 6.45) is 3.20. The van der Waals surface area contributed by atoms with Crippen LogP contribution in [-0.4, -0.2) is 37.7 Å². The fourth-order valence-corrected chi connectivity index (χ4v) is 1.36. The van der Waals surface area contributed by atoms with E-state index in [-0.39, 0.29) is 11.7 Å². The molecule has 0 aromatic heterocycles. The SMILES string of the molecule is CC.CC.CC(=O)N(C)c1cccc(C(=O)/C=C/N(C)C)c1. The van der Waals surface area contributed by atoms with Crippen molar-refractivity contribution in [3.63, 3.8) is 0 Å². The van der Waals surface area contributed by atoms with Crippen molar-refractivity contribution in [1.29, 1.82) is 0 Å². The molecule has 0 bridgehead atoms. The quantitative estimate of drug-likeness (QED) is 0.624. The third-order valence-corrected chi connectivity index (χ3v) is 2.51. The van der Waals surface area contributed by atoms with E-state index in [4.69, 9.17) is 0 Å². The first kappa shape index (κ1) is 22.2. The second kappa shape index (κ2) is 12.6. The molecule has 0 spiro atoms. The molecule has 0 fully saturated rings. The maximum Gasteiger partial charge on any atom is 0.223 e. The van der Waals surface area contributed by atoms with Gasteiger partial charge in [-0.2, -0.15) is 0 Å². The van der Waals surface area contributed by atoms with Gasteiger partial charge in [0, 0.05) is 51.6 Å². The highest BCUT2D eigenvalue weighted by molar-refractivity contribution is 6.05. The monoisotopic (exact) mass is 306 g/mol. The lowest BCUT2D eigenvalue weighted by Crippen LogP contribution is -2.22. The summed E-state index contributed by atoms with van der Waals surface area (Å²) in [7, 11) is 5.38. The summed E-state index contributed by atoms with van der Waals surface area (Å²) >= 11 is 0. The Hall–Kier alpha value is -2.10. The van der Waals surface area contributed by atoms with Crippen LogP contribution in [0.5, 0.6) is 0 Å². The fourth-order valence-electron chi connectivity index (χ4n) is 1.36. The summed E-state index contributed by atoms with van der Waals surface area (Å²) in [6.45, 7) is 9.49. The van der Waals surface area contributed by atoms with Crippen LogP contribution in [0, 0.1) is 0 Å². The first-order valence-corrected chi connectivity index (χ1v) is 7.65. The van der Waals surface area contributed by atoms with E-state index in [1.54, 1.807) is 42.4 Å². The molecule has 4 nitrogen and oxygen atoms in total. The standard InChI is InChI=1S/C14H18N2O2.2C2H6/c1-11(17)16(4)13-7-5-6-12(10-13)14(18)8-9-15(2)3;2*1-2/h5-10H,1-4H3;2*1-2H3/b9-8+;;. The molecular weight excluding hydrogens is 276 g/mol. The van der Waals surface area contributed by atoms with Gasteiger partial charge in [-0.3, -0.25) is 9.59 Å². The van der Waals surface area contributed by atoms with Gasteiger partial charge in [-0.05, 0) is 12.1 Å². The molecule has 0 radical (unpaired) electrons. The van der Waals surface area contributed by atoms with Crippen LogP contribution in [0.3, 0.4) is 0 Å². The van der Waals surface area contributed by atoms with Gasteiger partial charge in [0.1, 0.15) is 0 Å². The first-order valence-electron chi connectivity index (χ1n) is 7.65. The summed E-state index contributed by atoms with van der Waals surface area (Å²) in [5, 5.41) is 0. The average Bonchev–Trinajstić information content (AvgIpc) is 2.55. The lowest BCUT2D eigenvalue weighted by molar-refractivity contribution is -0.116. The molecule has 1 amide bonds. The Kier molecular flexibility index (Phi) is 12.7. The van der Waals surface area contributed by atoms with Gasteiger partial charge in [0.25, 0.3) is 0 Å². The van der Waals surface area contributed by atoms with Gasteiger partial charge in [0.15, 0.2) is 5.78 Å². The molecule has 0 saturated carbocycles. The van der Waals surface area contributed by atoms with Crippen molar-refractivity contribution < 1.29 is 9.59 Å². The number of hydrogen-bond donors (Lipinski definition) is 0. The molecule has 0 heterocycles. The topological polar surface area (TPSA) is 40.6 Å². The number of carbonyl (C=O) groups is 2. The van der Waals surface area contributed by atoms with Gasteiger partial charge in [-0.15, -0.1) is 0 Å². The highest BCUT2D eigenvalue weighted by Crippen LogP contribution is 2.15. The molecule has 0 aliphatic carbocycles. The third kappa shape index (κ3) is 8.25. The highest BCUT2D eigenvalue weighted by atomic mass is 16.2. The van der Waals surface area contributed by atoms with E-state index >= 15 is 0 Å². The summed E-state index contributed by atoms with van der Waals surface area (Å²) in [4.78, 5) is 26.4. The number of amides is 1. The molecule has 0 aliphatic heterocycles. The lowest BCUT2D eigenvalue weighted by Gasteiger charge is -2.15. The normalized spacial score (nSPS) is 9.09. The molecule has 22 heavy (non-hydrogen) atoms. The van der Waals surface area contributed by atoms with Crippen LogP contribution in [0.1, 0.15) is 45.0 Å². The van der Waals surface area contributed by atoms with Crippen LogP contribution < -0.4 is 4.90 Å². The fraction of sp³-hybridized carbons (Fsp3) is 0.444. The van der Waals surface area contributed by atoms with E-state index in [0.717, 1.165) is 0 Å². The Morgan fingerprint density at radius 2 is 1.55 bits per heavy atom. The Balaban J connectivity index is 0. The summed E-state index contributed by atoms with van der Waals surface area (Å²) < 4.78 is 0. The van der Waals surface area contributed by atoms with Gasteiger partial charge >= 0.3 is 0 Å². The molecule has 0 unspecified atom stereocenters. The molecule has 124 valence electrons. The molecule has 0 N–H and O–H groups in total. The van der Waals surface area contributed by atoms with Crippen molar-refractivity contribution in [2.75, 3.05) is 26.0 Å². The predicted molar refractivity (Wildman–Crippen MR) is 95.4 cm³/mol. The number of nitrogens with zero attached hydrogens (tertiary/aromatic N) is 2. The Bertz CT molecular complexity index is 480. The number of ketones is 1. The van der Waals surface area contributed by atoms with Crippen molar-refractivity contribution >= 4 is 17.4 Å². The number of anilines is 1. The Morgan fingerprint density at radius 1 is 1.00 bits per heavy atom. The maximum absolute atomic E-state index is 11.9. The smallest absolute Gasteiger partial charge is 0.223 e. The van der Waals surface area contributed by atoms with Crippen LogP contribution in [0.4, 0.5) is 5.69 Å². The van der Waals surface area contributed by atoms with Gasteiger partial charge in [-0.1, -0.05) is 39.8 Å². The van der Waals surface area contributed by atoms with Crippen molar-refractivity contribution in [1.82, 2.24) is 4.90 Å². The van der Waals surface area contributed by atoms with Crippen LogP contribution in [0.15, 0.2) is 36.5 Å². The van der Waals surface area contributed by atoms with E-state index in [0.29, 0.717) is 11.3 Å². The molecule has 4 heteroatoms. The van der Waals surface area contributed by atoms with Gasteiger partial charge in [-0.25, -0.2) is 0 Å². The Labute approximate surface area is 135 Å². The van der Waals surface area contributed by atoms with E-state index in [2.05, 4.69) is 0 Å². The summed E-state index contributed by atoms with van der Waals surface area (Å²) in [5.41, 5.74) is 1.28. The van der Waals surface area contributed by atoms with E-state index < -0.39 is 0 Å². The van der Waals surface area contributed by atoms with Crippen LogP contribution in [0.2, 0.25) is 0 Å². The van der Waals surface area contributed by atoms with Crippen LogP contribution >= 0.6 is 0 Å². The zero-order chi connectivity index (χ0) is 17.7. The second-order valence-corrected chi connectivity index (χ2v) is 4.27. The van der Waals surface area contributed by atoms with Gasteiger partial charge in [0.05, 0.1) is 0 Å². The van der Waals surface area contributed by atoms with E-state index in [1.165, 1.54) is 17.9 Å². The molecule has 0 saturated heterocycles. The maximum atomic E-state index is 11.9. The number of rotatable bonds is 4. The lowest BCUT2D eigenvalue weighted by atomic mass is 10.1. The number of benzene rings is 1. The number of carbonyl (C=O) groups excluding carboxylic acids is 2. The largest absolute Gasteiger partial charge is 0.383 e. The Morgan fingerprint density at radius 3 is 2.00 bits per heavy atom. The number of allylic oxidation sites excluding steroid dienone is 1. The molecule has 1 aromatic carbocycles. The average molecular weight is 306 g/mol. The van der Waals surface area contributed by atoms with Crippen molar-refractivity contribution in [3.05, 3.63) is 42.1 Å². The van der Waals surface area contributed by atoms with Crippen LogP contribution in [-0.2, 0) is 4.79 Å². The minimum Gasteiger partial charge on any atom is -0.383 e. The predicted octanol–water partition coefficient (Wildman–Crippen LogP) is 3.98. The molecule has 1 rings (SSSR count). The van der Waals surface area contributed by atoms with Crippen molar-refractivity contribution in [2.45, 2.75) is 34.6 Å². The molecule has 0 aliphatic rings. The minimum absolute atomic E-state index is 0.0663. The third-order valence-electron chi connectivity index (χ3n) is 2.51. The highest BCUT2D eigenvalue weighted by Gasteiger charge is 2.08. The second-order valence-electron chi connectivity index (χ2n) is 4.27.